The number of rotatable bonds is 5. The highest BCUT2D eigenvalue weighted by Crippen LogP contribution is 2.22. The second-order valence-electron chi connectivity index (χ2n) is 4.14. The standard InChI is InChI=1S/C14H15BrO2S/c1-17-13-4-2-3-10(6-13)5-12(16)8-14-7-11(15)9-18-14/h2-4,6-7,9,12,16H,5,8H2,1H3. The second kappa shape index (κ2) is 6.36. The van der Waals surface area contributed by atoms with Crippen LogP contribution in [0, 0.1) is 0 Å². The summed E-state index contributed by atoms with van der Waals surface area (Å²) < 4.78 is 6.25. The summed E-state index contributed by atoms with van der Waals surface area (Å²) in [6, 6.07) is 9.89. The lowest BCUT2D eigenvalue weighted by Crippen LogP contribution is -2.13. The van der Waals surface area contributed by atoms with Crippen LogP contribution in [0.2, 0.25) is 0 Å². The summed E-state index contributed by atoms with van der Waals surface area (Å²) >= 11 is 5.08. The zero-order valence-electron chi connectivity index (χ0n) is 10.1. The minimum absolute atomic E-state index is 0.359. The minimum Gasteiger partial charge on any atom is -0.497 e. The van der Waals surface area contributed by atoms with Crippen molar-refractivity contribution in [2.24, 2.45) is 0 Å². The Hall–Kier alpha value is -0.840. The molecule has 0 saturated heterocycles. The SMILES string of the molecule is COc1cccc(CC(O)Cc2cc(Br)cs2)c1. The third kappa shape index (κ3) is 3.83. The molecule has 2 aromatic rings. The minimum atomic E-state index is -0.359. The van der Waals surface area contributed by atoms with Crippen LogP contribution in [-0.4, -0.2) is 18.3 Å². The number of halogens is 1. The van der Waals surface area contributed by atoms with E-state index in [-0.39, 0.29) is 6.10 Å². The fourth-order valence-corrected chi connectivity index (χ4v) is 3.36. The summed E-state index contributed by atoms with van der Waals surface area (Å²) in [6.07, 6.45) is 0.975. The zero-order valence-corrected chi connectivity index (χ0v) is 12.5. The third-order valence-electron chi connectivity index (χ3n) is 2.66. The van der Waals surface area contributed by atoms with E-state index in [9.17, 15) is 5.11 Å². The average molecular weight is 327 g/mol. The van der Waals surface area contributed by atoms with Gasteiger partial charge in [0.05, 0.1) is 13.2 Å². The van der Waals surface area contributed by atoms with Gasteiger partial charge >= 0.3 is 0 Å². The topological polar surface area (TPSA) is 29.5 Å². The Labute approximate surface area is 119 Å². The Morgan fingerprint density at radius 3 is 2.83 bits per heavy atom. The molecule has 1 unspecified atom stereocenters. The van der Waals surface area contributed by atoms with Crippen molar-refractivity contribution in [3.05, 3.63) is 50.6 Å². The fraction of sp³-hybridized carbons (Fsp3) is 0.286. The molecule has 96 valence electrons. The number of methoxy groups -OCH3 is 1. The Bertz CT molecular complexity index is 510. The van der Waals surface area contributed by atoms with Crippen molar-refractivity contribution in [2.45, 2.75) is 18.9 Å². The highest BCUT2D eigenvalue weighted by atomic mass is 79.9. The highest BCUT2D eigenvalue weighted by Gasteiger charge is 2.09. The molecular formula is C14H15BrO2S. The predicted molar refractivity (Wildman–Crippen MR) is 78.4 cm³/mol. The van der Waals surface area contributed by atoms with Crippen molar-refractivity contribution in [1.82, 2.24) is 0 Å². The van der Waals surface area contributed by atoms with Crippen LogP contribution in [0.5, 0.6) is 5.75 Å². The number of aliphatic hydroxyl groups excluding tert-OH is 1. The molecule has 0 amide bonds. The number of hydrogen-bond donors (Lipinski definition) is 1. The van der Waals surface area contributed by atoms with Gasteiger partial charge in [0.15, 0.2) is 0 Å². The lowest BCUT2D eigenvalue weighted by atomic mass is 10.0. The molecule has 18 heavy (non-hydrogen) atoms. The normalized spacial score (nSPS) is 12.4. The summed E-state index contributed by atoms with van der Waals surface area (Å²) in [6.45, 7) is 0. The lowest BCUT2D eigenvalue weighted by Gasteiger charge is -2.10. The molecule has 0 aliphatic heterocycles. The first-order chi connectivity index (χ1) is 8.67. The van der Waals surface area contributed by atoms with Crippen molar-refractivity contribution in [1.29, 1.82) is 0 Å². The third-order valence-corrected chi connectivity index (χ3v) is 4.38. The summed E-state index contributed by atoms with van der Waals surface area (Å²) in [7, 11) is 1.65. The molecule has 1 aromatic heterocycles. The second-order valence-corrected chi connectivity index (χ2v) is 6.06. The first-order valence-corrected chi connectivity index (χ1v) is 7.38. The van der Waals surface area contributed by atoms with E-state index < -0.39 is 0 Å². The quantitative estimate of drug-likeness (QED) is 0.908. The van der Waals surface area contributed by atoms with Gasteiger partial charge in [0, 0.05) is 21.2 Å². The van der Waals surface area contributed by atoms with Crippen LogP contribution in [-0.2, 0) is 12.8 Å². The van der Waals surface area contributed by atoms with Crippen LogP contribution < -0.4 is 4.74 Å². The van der Waals surface area contributed by atoms with Gasteiger partial charge in [0.2, 0.25) is 0 Å². The van der Waals surface area contributed by atoms with Gasteiger partial charge in [-0.2, -0.15) is 0 Å². The predicted octanol–water partition coefficient (Wildman–Crippen LogP) is 3.67. The van der Waals surface area contributed by atoms with Crippen molar-refractivity contribution in [3.63, 3.8) is 0 Å². The van der Waals surface area contributed by atoms with Crippen LogP contribution in [0.25, 0.3) is 0 Å². The van der Waals surface area contributed by atoms with E-state index in [0.29, 0.717) is 12.8 Å². The summed E-state index contributed by atoms with van der Waals surface area (Å²) in [5, 5.41) is 12.1. The van der Waals surface area contributed by atoms with E-state index in [4.69, 9.17) is 4.74 Å². The zero-order chi connectivity index (χ0) is 13.0. The van der Waals surface area contributed by atoms with Crippen molar-refractivity contribution in [2.75, 3.05) is 7.11 Å². The summed E-state index contributed by atoms with van der Waals surface area (Å²) in [5.41, 5.74) is 1.09. The Balaban J connectivity index is 1.96. The molecule has 0 spiro atoms. The molecule has 1 atom stereocenters. The van der Waals surface area contributed by atoms with E-state index in [1.165, 1.54) is 4.88 Å². The molecule has 2 rings (SSSR count). The number of ether oxygens (including phenoxy) is 1. The van der Waals surface area contributed by atoms with Crippen LogP contribution in [0.15, 0.2) is 40.2 Å². The maximum absolute atomic E-state index is 10.1. The molecular weight excluding hydrogens is 312 g/mol. The maximum atomic E-state index is 10.1. The monoisotopic (exact) mass is 326 g/mol. The van der Waals surface area contributed by atoms with E-state index in [1.54, 1.807) is 18.4 Å². The van der Waals surface area contributed by atoms with Gasteiger partial charge in [-0.3, -0.25) is 0 Å². The molecule has 0 radical (unpaired) electrons. The first-order valence-electron chi connectivity index (χ1n) is 5.71. The Morgan fingerprint density at radius 1 is 1.33 bits per heavy atom. The van der Waals surface area contributed by atoms with Gasteiger partial charge in [0.1, 0.15) is 5.75 Å². The van der Waals surface area contributed by atoms with Gasteiger partial charge in [-0.1, -0.05) is 12.1 Å². The average Bonchev–Trinajstić information content (AvgIpc) is 2.74. The molecule has 0 saturated carbocycles. The highest BCUT2D eigenvalue weighted by molar-refractivity contribution is 9.10. The fourth-order valence-electron chi connectivity index (χ4n) is 1.84. The summed E-state index contributed by atoms with van der Waals surface area (Å²) in [5.74, 6) is 0.832. The van der Waals surface area contributed by atoms with Gasteiger partial charge < -0.3 is 9.84 Å². The van der Waals surface area contributed by atoms with Crippen LogP contribution in [0.3, 0.4) is 0 Å². The molecule has 0 bridgehead atoms. The van der Waals surface area contributed by atoms with Crippen molar-refractivity contribution in [3.8, 4) is 5.75 Å². The van der Waals surface area contributed by atoms with E-state index >= 15 is 0 Å². The largest absolute Gasteiger partial charge is 0.497 e. The molecule has 2 nitrogen and oxygen atoms in total. The number of aliphatic hydroxyl groups is 1. The van der Waals surface area contributed by atoms with Gasteiger partial charge in [-0.15, -0.1) is 11.3 Å². The molecule has 1 N–H and O–H groups in total. The molecule has 1 heterocycles. The first kappa shape index (κ1) is 13.6. The van der Waals surface area contributed by atoms with E-state index in [2.05, 4.69) is 22.0 Å². The summed E-state index contributed by atoms with van der Waals surface area (Å²) in [4.78, 5) is 1.19. The van der Waals surface area contributed by atoms with Crippen LogP contribution in [0.4, 0.5) is 0 Å². The molecule has 0 aliphatic carbocycles. The Kier molecular flexibility index (Phi) is 4.80. The molecule has 4 heteroatoms. The Morgan fingerprint density at radius 2 is 2.17 bits per heavy atom. The molecule has 0 aliphatic rings. The van der Waals surface area contributed by atoms with Gasteiger partial charge in [0.25, 0.3) is 0 Å². The van der Waals surface area contributed by atoms with E-state index in [1.807, 2.05) is 29.6 Å². The smallest absolute Gasteiger partial charge is 0.119 e. The van der Waals surface area contributed by atoms with Crippen LogP contribution in [0.1, 0.15) is 10.4 Å². The lowest BCUT2D eigenvalue weighted by molar-refractivity contribution is 0.176. The number of benzene rings is 1. The van der Waals surface area contributed by atoms with E-state index in [0.717, 1.165) is 15.8 Å². The number of thiophene rings is 1. The molecule has 1 aromatic carbocycles. The van der Waals surface area contributed by atoms with Crippen LogP contribution >= 0.6 is 27.3 Å². The van der Waals surface area contributed by atoms with Crippen molar-refractivity contribution >= 4 is 27.3 Å². The van der Waals surface area contributed by atoms with Gasteiger partial charge in [-0.05, 0) is 46.1 Å². The van der Waals surface area contributed by atoms with Gasteiger partial charge in [-0.25, -0.2) is 0 Å². The number of hydrogen-bond acceptors (Lipinski definition) is 3. The van der Waals surface area contributed by atoms with Crippen molar-refractivity contribution < 1.29 is 9.84 Å². The molecule has 0 fully saturated rings. The maximum Gasteiger partial charge on any atom is 0.119 e.